The second-order valence-electron chi connectivity index (χ2n) is 3.99. The molecule has 0 radical (unpaired) electrons. The summed E-state index contributed by atoms with van der Waals surface area (Å²) >= 11 is 5.86. The molecule has 0 atom stereocenters. The van der Waals surface area contributed by atoms with Gasteiger partial charge in [0.25, 0.3) is 0 Å². The van der Waals surface area contributed by atoms with Gasteiger partial charge in [-0.2, -0.15) is 13.1 Å². The molecule has 0 aliphatic carbocycles. The fourth-order valence-electron chi connectivity index (χ4n) is 1.29. The molecule has 0 heterocycles. The number of alkyl halides is 1. The number of hydrogen-bond donors (Lipinski definition) is 2. The lowest BCUT2D eigenvalue weighted by molar-refractivity contribution is 0.158. The minimum Gasteiger partial charge on any atom is -0.449 e. The molecule has 0 bridgehead atoms. The first-order chi connectivity index (χ1) is 8.34. The number of rotatable bonds is 8. The minimum atomic E-state index is -3.90. The summed E-state index contributed by atoms with van der Waals surface area (Å²) in [5, 5.41) is 0. The van der Waals surface area contributed by atoms with Crippen molar-refractivity contribution in [2.75, 3.05) is 19.0 Å². The third-order valence-electron chi connectivity index (χ3n) is 2.91. The summed E-state index contributed by atoms with van der Waals surface area (Å²) in [6.07, 6.45) is 0.499. The van der Waals surface area contributed by atoms with Crippen LogP contribution in [-0.4, -0.2) is 33.5 Å². The van der Waals surface area contributed by atoms with Crippen molar-refractivity contribution in [2.45, 2.75) is 33.6 Å². The Kier molecular flexibility index (Phi) is 7.58. The van der Waals surface area contributed by atoms with Gasteiger partial charge in [-0.3, -0.25) is 0 Å². The van der Waals surface area contributed by atoms with E-state index in [0.29, 0.717) is 5.88 Å². The summed E-state index contributed by atoms with van der Waals surface area (Å²) in [4.78, 5) is 11.0. The predicted octanol–water partition coefficient (Wildman–Crippen LogP) is 1.61. The molecule has 0 spiro atoms. The average molecular weight is 301 g/mol. The maximum Gasteiger partial charge on any atom is 0.421 e. The summed E-state index contributed by atoms with van der Waals surface area (Å²) in [6.45, 7) is 5.76. The Hall–Kier alpha value is -0.530. The maximum absolute atomic E-state index is 11.5. The normalized spacial score (nSPS) is 12.2. The van der Waals surface area contributed by atoms with Crippen LogP contribution in [0.2, 0.25) is 0 Å². The molecule has 0 rings (SSSR count). The zero-order valence-corrected chi connectivity index (χ0v) is 12.5. The van der Waals surface area contributed by atoms with Crippen molar-refractivity contribution in [1.82, 2.24) is 9.44 Å². The molecule has 0 aromatic heterocycles. The molecule has 0 saturated heterocycles. The van der Waals surface area contributed by atoms with Crippen LogP contribution in [0.1, 0.15) is 33.6 Å². The van der Waals surface area contributed by atoms with Crippen molar-refractivity contribution < 1.29 is 17.9 Å². The molecule has 8 heteroatoms. The fourth-order valence-corrected chi connectivity index (χ4v) is 2.61. The van der Waals surface area contributed by atoms with Crippen molar-refractivity contribution in [3.05, 3.63) is 0 Å². The lowest BCUT2D eigenvalue weighted by atomic mass is 9.85. The molecule has 1 amide bonds. The zero-order valence-electron chi connectivity index (χ0n) is 11.0. The number of ether oxygens (including phenoxy) is 1. The van der Waals surface area contributed by atoms with Crippen LogP contribution in [0, 0.1) is 5.41 Å². The fraction of sp³-hybridized carbons (Fsp3) is 0.900. The summed E-state index contributed by atoms with van der Waals surface area (Å²) < 4.78 is 31.7. The van der Waals surface area contributed by atoms with E-state index < -0.39 is 16.3 Å². The van der Waals surface area contributed by atoms with Crippen LogP contribution >= 0.6 is 11.6 Å². The molecule has 0 fully saturated rings. The van der Waals surface area contributed by atoms with E-state index in [1.54, 1.807) is 11.6 Å². The van der Waals surface area contributed by atoms with Gasteiger partial charge in [-0.05, 0) is 25.2 Å². The molecule has 0 aliphatic heterocycles. The first-order valence-corrected chi connectivity index (χ1v) is 7.86. The second kappa shape index (κ2) is 7.81. The van der Waals surface area contributed by atoms with Gasteiger partial charge in [-0.25, -0.2) is 9.52 Å². The standard InChI is InChI=1S/C10H21ClN2O4S/c1-4-10(5-2,7-11)8-12-18(15,16)13-9(14)17-6-3/h12H,4-8H2,1-3H3,(H,13,14). The highest BCUT2D eigenvalue weighted by atomic mass is 35.5. The van der Waals surface area contributed by atoms with Crippen molar-refractivity contribution in [3.8, 4) is 0 Å². The number of carbonyl (C=O) groups excluding carboxylic acids is 1. The van der Waals surface area contributed by atoms with E-state index in [2.05, 4.69) is 9.46 Å². The number of carbonyl (C=O) groups is 1. The van der Waals surface area contributed by atoms with Crippen LogP contribution in [0.3, 0.4) is 0 Å². The Bertz CT molecular complexity index is 347. The Morgan fingerprint density at radius 1 is 1.28 bits per heavy atom. The molecular weight excluding hydrogens is 280 g/mol. The van der Waals surface area contributed by atoms with Gasteiger partial charge in [-0.1, -0.05) is 13.8 Å². The molecule has 6 nitrogen and oxygen atoms in total. The molecule has 0 saturated carbocycles. The number of halogens is 1. The SMILES string of the molecule is CCOC(=O)NS(=O)(=O)NCC(CC)(CC)CCl. The Morgan fingerprint density at radius 2 is 1.83 bits per heavy atom. The lowest BCUT2D eigenvalue weighted by Crippen LogP contribution is -2.45. The van der Waals surface area contributed by atoms with Gasteiger partial charge in [0.2, 0.25) is 0 Å². The van der Waals surface area contributed by atoms with E-state index in [1.165, 1.54) is 0 Å². The number of amides is 1. The van der Waals surface area contributed by atoms with Crippen molar-refractivity contribution in [2.24, 2.45) is 5.41 Å². The van der Waals surface area contributed by atoms with Gasteiger partial charge in [0, 0.05) is 12.4 Å². The van der Waals surface area contributed by atoms with Crippen LogP contribution in [0.4, 0.5) is 4.79 Å². The Morgan fingerprint density at radius 3 is 2.22 bits per heavy atom. The van der Waals surface area contributed by atoms with Gasteiger partial charge in [-0.15, -0.1) is 11.6 Å². The van der Waals surface area contributed by atoms with Crippen molar-refractivity contribution >= 4 is 27.9 Å². The van der Waals surface area contributed by atoms with E-state index >= 15 is 0 Å². The largest absolute Gasteiger partial charge is 0.449 e. The molecule has 108 valence electrons. The lowest BCUT2D eigenvalue weighted by Gasteiger charge is -2.29. The molecule has 0 aromatic carbocycles. The first kappa shape index (κ1) is 17.5. The topological polar surface area (TPSA) is 84.5 Å². The number of hydrogen-bond acceptors (Lipinski definition) is 4. The van der Waals surface area contributed by atoms with E-state index in [0.717, 1.165) is 12.8 Å². The van der Waals surface area contributed by atoms with Gasteiger partial charge >= 0.3 is 16.3 Å². The van der Waals surface area contributed by atoms with E-state index in [-0.39, 0.29) is 18.6 Å². The molecular formula is C10H21ClN2O4S. The second-order valence-corrected chi connectivity index (χ2v) is 5.75. The summed E-state index contributed by atoms with van der Waals surface area (Å²) in [5.74, 6) is 0.349. The van der Waals surface area contributed by atoms with E-state index in [1.807, 2.05) is 13.8 Å². The van der Waals surface area contributed by atoms with Gasteiger partial charge in [0.1, 0.15) is 0 Å². The zero-order chi connectivity index (χ0) is 14.2. The maximum atomic E-state index is 11.5. The minimum absolute atomic E-state index is 0.108. The van der Waals surface area contributed by atoms with Crippen molar-refractivity contribution in [3.63, 3.8) is 0 Å². The molecule has 18 heavy (non-hydrogen) atoms. The average Bonchev–Trinajstić information content (AvgIpc) is 2.31. The molecule has 2 N–H and O–H groups in total. The highest BCUT2D eigenvalue weighted by Crippen LogP contribution is 2.26. The van der Waals surface area contributed by atoms with Gasteiger partial charge < -0.3 is 4.74 Å². The van der Waals surface area contributed by atoms with Crippen LogP contribution in [0.25, 0.3) is 0 Å². The van der Waals surface area contributed by atoms with Crippen LogP contribution < -0.4 is 9.44 Å². The van der Waals surface area contributed by atoms with E-state index in [9.17, 15) is 13.2 Å². The Balaban J connectivity index is 4.46. The van der Waals surface area contributed by atoms with Crippen molar-refractivity contribution in [1.29, 1.82) is 0 Å². The third kappa shape index (κ3) is 5.88. The van der Waals surface area contributed by atoms with Crippen LogP contribution in [-0.2, 0) is 14.9 Å². The summed E-state index contributed by atoms with van der Waals surface area (Å²) in [5.41, 5.74) is -0.301. The predicted molar refractivity (Wildman–Crippen MR) is 70.8 cm³/mol. The third-order valence-corrected chi connectivity index (χ3v) is 4.44. The van der Waals surface area contributed by atoms with Crippen LogP contribution in [0.5, 0.6) is 0 Å². The highest BCUT2D eigenvalue weighted by molar-refractivity contribution is 7.88. The summed E-state index contributed by atoms with van der Waals surface area (Å²) in [6, 6.07) is 0. The van der Waals surface area contributed by atoms with Crippen LogP contribution in [0.15, 0.2) is 0 Å². The molecule has 0 aliphatic rings. The number of nitrogens with one attached hydrogen (secondary N) is 2. The smallest absolute Gasteiger partial charge is 0.421 e. The monoisotopic (exact) mass is 300 g/mol. The summed E-state index contributed by atoms with van der Waals surface area (Å²) in [7, 11) is -3.90. The van der Waals surface area contributed by atoms with Gasteiger partial charge in [0.15, 0.2) is 0 Å². The van der Waals surface area contributed by atoms with Gasteiger partial charge in [0.05, 0.1) is 6.61 Å². The quantitative estimate of drug-likeness (QED) is 0.667. The Labute approximate surface area is 114 Å². The first-order valence-electron chi connectivity index (χ1n) is 5.84. The van der Waals surface area contributed by atoms with E-state index in [4.69, 9.17) is 11.6 Å². The highest BCUT2D eigenvalue weighted by Gasteiger charge is 2.27. The molecule has 0 aromatic rings. The molecule has 0 unspecified atom stereocenters.